The number of nitrogens with zero attached hydrogens (tertiary/aromatic N) is 3. The summed E-state index contributed by atoms with van der Waals surface area (Å²) in [5, 5.41) is 4.26. The van der Waals surface area contributed by atoms with Gasteiger partial charge in [-0.15, -0.1) is 0 Å². The summed E-state index contributed by atoms with van der Waals surface area (Å²) in [4.78, 5) is 11.7. The molecule has 0 aliphatic heterocycles. The number of fused-ring (bicyclic) bond motifs is 4. The van der Waals surface area contributed by atoms with Crippen LogP contribution in [0.2, 0.25) is 0 Å². The summed E-state index contributed by atoms with van der Waals surface area (Å²) in [7, 11) is 0. The number of anilines is 3. The Kier molecular flexibility index (Phi) is 6.71. The smallest absolute Gasteiger partial charge is 0.227 e. The van der Waals surface area contributed by atoms with Crippen LogP contribution in [0.1, 0.15) is 6.93 Å². The summed E-state index contributed by atoms with van der Waals surface area (Å²) in [6, 6.07) is 55.7. The van der Waals surface area contributed by atoms with Crippen molar-refractivity contribution < 1.29 is 10.2 Å². The molecule has 2 heterocycles. The van der Waals surface area contributed by atoms with E-state index < -0.39 is 0 Å². The molecular formula is C47H31N3O2. The summed E-state index contributed by atoms with van der Waals surface area (Å²) in [5.41, 5.74) is 10.7. The first-order valence-corrected chi connectivity index (χ1v) is 17.3. The molecule has 5 nitrogen and oxygen atoms in total. The SMILES string of the molecule is [2H]c1cc(N(c2ccc3nc(-c4ccccc4)oc3c2)c2ccc3nc(-c4ccccc4)oc3c2)cc2ccc(-c3cc(C)cc4ccccc34)cc12. The van der Waals surface area contributed by atoms with Crippen molar-refractivity contribution in [2.45, 2.75) is 6.92 Å². The van der Waals surface area contributed by atoms with Gasteiger partial charge in [0.15, 0.2) is 11.2 Å². The van der Waals surface area contributed by atoms with Gasteiger partial charge >= 0.3 is 0 Å². The molecule has 52 heavy (non-hydrogen) atoms. The van der Waals surface area contributed by atoms with E-state index in [-0.39, 0.29) is 0 Å². The molecule has 0 radical (unpaired) electrons. The van der Waals surface area contributed by atoms with Crippen LogP contribution in [0.15, 0.2) is 179 Å². The van der Waals surface area contributed by atoms with E-state index >= 15 is 0 Å². The Labute approximate surface area is 301 Å². The Morgan fingerprint density at radius 3 is 1.73 bits per heavy atom. The predicted molar refractivity (Wildman–Crippen MR) is 212 cm³/mol. The molecule has 0 N–H and O–H groups in total. The maximum atomic E-state index is 9.36. The standard InChI is InChI=1S/C47H31N3O2/c1-30-24-35-14-8-9-15-40(35)41(25-30)36-17-16-34-27-37(19-18-33(34)26-36)50(38-20-22-42-44(28-38)51-46(48-42)31-10-4-2-5-11-31)39-21-23-43-45(29-39)52-47(49-43)32-12-6-3-7-13-32/h2-29H,1H3/i18D. The molecule has 10 aromatic rings. The number of benzene rings is 8. The van der Waals surface area contributed by atoms with E-state index in [0.29, 0.717) is 29.0 Å². The first-order valence-electron chi connectivity index (χ1n) is 17.8. The Hall–Kier alpha value is -6.98. The number of oxazole rings is 2. The van der Waals surface area contributed by atoms with Crippen LogP contribution in [0.5, 0.6) is 0 Å². The van der Waals surface area contributed by atoms with Crippen LogP contribution in [0.4, 0.5) is 17.1 Å². The third kappa shape index (κ3) is 5.27. The molecule has 10 rings (SSSR count). The van der Waals surface area contributed by atoms with E-state index in [2.05, 4.69) is 72.5 Å². The van der Waals surface area contributed by atoms with Crippen molar-refractivity contribution >= 4 is 60.8 Å². The van der Waals surface area contributed by atoms with Gasteiger partial charge in [0.05, 0.1) is 1.37 Å². The van der Waals surface area contributed by atoms with Crippen LogP contribution in [0.25, 0.3) is 77.8 Å². The molecule has 0 aliphatic rings. The molecule has 0 fully saturated rings. The van der Waals surface area contributed by atoms with Crippen LogP contribution in [0, 0.1) is 6.92 Å². The first kappa shape index (κ1) is 28.8. The number of aromatic nitrogens is 2. The molecule has 0 unspecified atom stereocenters. The van der Waals surface area contributed by atoms with E-state index in [0.717, 1.165) is 61.1 Å². The van der Waals surface area contributed by atoms with Crippen molar-refractivity contribution in [3.05, 3.63) is 175 Å². The number of hydrogen-bond donors (Lipinski definition) is 0. The van der Waals surface area contributed by atoms with Gasteiger partial charge in [0.2, 0.25) is 11.8 Å². The van der Waals surface area contributed by atoms with E-state index in [1.165, 1.54) is 16.3 Å². The molecule has 0 aliphatic carbocycles. The van der Waals surface area contributed by atoms with Gasteiger partial charge in [-0.3, -0.25) is 0 Å². The largest absolute Gasteiger partial charge is 0.436 e. The maximum absolute atomic E-state index is 9.36. The molecule has 0 saturated heterocycles. The van der Waals surface area contributed by atoms with Gasteiger partial charge in [0.1, 0.15) is 11.0 Å². The van der Waals surface area contributed by atoms with Crippen molar-refractivity contribution in [2.24, 2.45) is 0 Å². The number of rotatable bonds is 6. The lowest BCUT2D eigenvalue weighted by atomic mass is 9.94. The number of hydrogen-bond acceptors (Lipinski definition) is 5. The zero-order valence-corrected chi connectivity index (χ0v) is 28.2. The van der Waals surface area contributed by atoms with Gasteiger partial charge in [-0.05, 0) is 112 Å². The summed E-state index contributed by atoms with van der Waals surface area (Å²) < 4.78 is 22.0. The predicted octanol–water partition coefficient (Wildman–Crippen LogP) is 13.1. The fraction of sp³-hybridized carbons (Fsp3) is 0.0213. The second-order valence-corrected chi connectivity index (χ2v) is 13.1. The summed E-state index contributed by atoms with van der Waals surface area (Å²) >= 11 is 0. The van der Waals surface area contributed by atoms with Crippen molar-refractivity contribution in [1.29, 1.82) is 0 Å². The molecule has 246 valence electrons. The monoisotopic (exact) mass is 670 g/mol. The van der Waals surface area contributed by atoms with Gasteiger partial charge in [-0.25, -0.2) is 9.97 Å². The minimum absolute atomic E-state index is 0.431. The third-order valence-electron chi connectivity index (χ3n) is 9.61. The fourth-order valence-electron chi connectivity index (χ4n) is 7.12. The highest BCUT2D eigenvalue weighted by atomic mass is 16.4. The van der Waals surface area contributed by atoms with Crippen LogP contribution in [0.3, 0.4) is 0 Å². The molecule has 0 bridgehead atoms. The average Bonchev–Trinajstić information content (AvgIpc) is 3.83. The van der Waals surface area contributed by atoms with E-state index in [1.807, 2.05) is 103 Å². The fourth-order valence-corrected chi connectivity index (χ4v) is 7.12. The van der Waals surface area contributed by atoms with E-state index in [9.17, 15) is 1.37 Å². The minimum atomic E-state index is 0.431. The van der Waals surface area contributed by atoms with E-state index in [4.69, 9.17) is 18.8 Å². The lowest BCUT2D eigenvalue weighted by Gasteiger charge is -2.25. The summed E-state index contributed by atoms with van der Waals surface area (Å²) in [6.45, 7) is 2.13. The Bertz CT molecular complexity index is 2870. The zero-order chi connectivity index (χ0) is 35.5. The highest BCUT2D eigenvalue weighted by Gasteiger charge is 2.19. The summed E-state index contributed by atoms with van der Waals surface area (Å²) in [5.74, 6) is 1.13. The molecular weight excluding hydrogens is 639 g/mol. The third-order valence-corrected chi connectivity index (χ3v) is 9.61. The average molecular weight is 671 g/mol. The lowest BCUT2D eigenvalue weighted by Crippen LogP contribution is -2.09. The van der Waals surface area contributed by atoms with Crippen molar-refractivity contribution in [1.82, 2.24) is 9.97 Å². The first-order chi connectivity index (χ1) is 26.0. The highest BCUT2D eigenvalue weighted by molar-refractivity contribution is 6.00. The van der Waals surface area contributed by atoms with Crippen molar-refractivity contribution in [3.63, 3.8) is 0 Å². The molecule has 5 heteroatoms. The van der Waals surface area contributed by atoms with Crippen molar-refractivity contribution in [2.75, 3.05) is 4.90 Å². The quantitative estimate of drug-likeness (QED) is 0.176. The normalized spacial score (nSPS) is 11.8. The van der Waals surface area contributed by atoms with E-state index in [1.54, 1.807) is 0 Å². The zero-order valence-electron chi connectivity index (χ0n) is 29.2. The highest BCUT2D eigenvalue weighted by Crippen LogP contribution is 2.41. The molecule has 0 amide bonds. The van der Waals surface area contributed by atoms with Crippen LogP contribution >= 0.6 is 0 Å². The Morgan fingerprint density at radius 1 is 0.481 bits per heavy atom. The second-order valence-electron chi connectivity index (χ2n) is 13.1. The Balaban J connectivity index is 1.12. The molecule has 0 spiro atoms. The number of aryl methyl sites for hydroxylation is 1. The van der Waals surface area contributed by atoms with Crippen LogP contribution in [-0.2, 0) is 0 Å². The minimum Gasteiger partial charge on any atom is -0.436 e. The molecule has 0 atom stereocenters. The van der Waals surface area contributed by atoms with Crippen LogP contribution < -0.4 is 4.90 Å². The lowest BCUT2D eigenvalue weighted by molar-refractivity contribution is 0.620. The van der Waals surface area contributed by atoms with Gasteiger partial charge in [-0.2, -0.15) is 0 Å². The van der Waals surface area contributed by atoms with Gasteiger partial charge in [-0.1, -0.05) is 91.0 Å². The molecule has 2 aromatic heterocycles. The van der Waals surface area contributed by atoms with Gasteiger partial charge in [0.25, 0.3) is 0 Å². The summed E-state index contributed by atoms with van der Waals surface area (Å²) in [6.07, 6.45) is 0. The Morgan fingerprint density at radius 2 is 1.08 bits per heavy atom. The molecule has 8 aromatic carbocycles. The topological polar surface area (TPSA) is 55.3 Å². The van der Waals surface area contributed by atoms with Gasteiger partial charge in [0, 0.05) is 40.3 Å². The van der Waals surface area contributed by atoms with Gasteiger partial charge < -0.3 is 13.7 Å². The van der Waals surface area contributed by atoms with Crippen LogP contribution in [-0.4, -0.2) is 9.97 Å². The van der Waals surface area contributed by atoms with Crippen molar-refractivity contribution in [3.8, 4) is 34.0 Å². The maximum Gasteiger partial charge on any atom is 0.227 e. The molecule has 0 saturated carbocycles. The second kappa shape index (κ2) is 12.1.